The van der Waals surface area contributed by atoms with Gasteiger partial charge in [0.25, 0.3) is 0 Å². The van der Waals surface area contributed by atoms with Crippen LogP contribution in [-0.2, 0) is 6.54 Å². The van der Waals surface area contributed by atoms with Crippen molar-refractivity contribution in [3.63, 3.8) is 0 Å². The second kappa shape index (κ2) is 5.66. The lowest BCUT2D eigenvalue weighted by atomic mass is 9.83. The molecule has 3 nitrogen and oxygen atoms in total. The van der Waals surface area contributed by atoms with Gasteiger partial charge in [-0.05, 0) is 44.1 Å². The number of hydrogen-bond acceptors (Lipinski definition) is 2. The average molecular weight is 261 g/mol. The lowest BCUT2D eigenvalue weighted by Crippen LogP contribution is -2.30. The minimum absolute atomic E-state index is 0.534. The van der Waals surface area contributed by atoms with Crippen molar-refractivity contribution in [1.29, 1.82) is 0 Å². The van der Waals surface area contributed by atoms with E-state index in [9.17, 15) is 0 Å². The third-order valence-electron chi connectivity index (χ3n) is 5.33. The van der Waals surface area contributed by atoms with E-state index in [4.69, 9.17) is 0 Å². The molecule has 3 heteroatoms. The topological polar surface area (TPSA) is 29.9 Å². The average Bonchev–Trinajstić information content (AvgIpc) is 3.10. The summed E-state index contributed by atoms with van der Waals surface area (Å²) in [6, 6.07) is 0.534. The number of aromatic nitrogens is 2. The van der Waals surface area contributed by atoms with Crippen LogP contribution >= 0.6 is 0 Å². The molecule has 2 fully saturated rings. The molecule has 1 N–H and O–H groups in total. The lowest BCUT2D eigenvalue weighted by Gasteiger charge is -2.31. The number of piperidine rings is 1. The molecule has 106 valence electrons. The molecular weight excluding hydrogens is 234 g/mol. The Morgan fingerprint density at radius 2 is 2.16 bits per heavy atom. The SMILES string of the molecule is CCC1(Cn2cncc2C2CCCCN2)CCCC1. The van der Waals surface area contributed by atoms with Gasteiger partial charge in [0.2, 0.25) is 0 Å². The summed E-state index contributed by atoms with van der Waals surface area (Å²) in [5, 5.41) is 3.66. The van der Waals surface area contributed by atoms with E-state index < -0.39 is 0 Å². The zero-order chi connectivity index (χ0) is 13.1. The molecule has 1 aromatic heterocycles. The third-order valence-corrected chi connectivity index (χ3v) is 5.33. The van der Waals surface area contributed by atoms with Crippen molar-refractivity contribution in [1.82, 2.24) is 14.9 Å². The molecule has 1 unspecified atom stereocenters. The monoisotopic (exact) mass is 261 g/mol. The summed E-state index contributed by atoms with van der Waals surface area (Å²) in [4.78, 5) is 4.43. The van der Waals surface area contributed by atoms with Gasteiger partial charge in [-0.15, -0.1) is 0 Å². The first-order valence-electron chi connectivity index (χ1n) is 8.06. The van der Waals surface area contributed by atoms with Gasteiger partial charge in [-0.1, -0.05) is 26.2 Å². The van der Waals surface area contributed by atoms with Crippen molar-refractivity contribution in [2.75, 3.05) is 6.54 Å². The first-order chi connectivity index (χ1) is 9.33. The van der Waals surface area contributed by atoms with Crippen LogP contribution in [0.2, 0.25) is 0 Å². The van der Waals surface area contributed by atoms with Crippen LogP contribution in [0.25, 0.3) is 0 Å². The fourth-order valence-electron chi connectivity index (χ4n) is 3.97. The summed E-state index contributed by atoms with van der Waals surface area (Å²) >= 11 is 0. The molecule has 1 atom stereocenters. The van der Waals surface area contributed by atoms with Crippen LogP contribution in [0.5, 0.6) is 0 Å². The first-order valence-corrected chi connectivity index (χ1v) is 8.06. The Labute approximate surface area is 116 Å². The van der Waals surface area contributed by atoms with Crippen molar-refractivity contribution in [2.24, 2.45) is 5.41 Å². The van der Waals surface area contributed by atoms with E-state index in [-0.39, 0.29) is 0 Å². The largest absolute Gasteiger partial charge is 0.333 e. The summed E-state index contributed by atoms with van der Waals surface area (Å²) in [6.45, 7) is 4.70. The predicted molar refractivity (Wildman–Crippen MR) is 78.0 cm³/mol. The molecule has 1 aliphatic carbocycles. The standard InChI is InChI=1S/C16H27N3/c1-2-16(8-4-5-9-16)12-19-13-17-11-15(19)14-7-3-6-10-18-14/h11,13-14,18H,2-10,12H2,1H3. The molecule has 0 spiro atoms. The highest BCUT2D eigenvalue weighted by atomic mass is 15.1. The highest BCUT2D eigenvalue weighted by Crippen LogP contribution is 2.42. The summed E-state index contributed by atoms with van der Waals surface area (Å²) in [5.74, 6) is 0. The van der Waals surface area contributed by atoms with Gasteiger partial charge in [-0.2, -0.15) is 0 Å². The van der Waals surface area contributed by atoms with E-state index in [1.807, 2.05) is 0 Å². The van der Waals surface area contributed by atoms with Gasteiger partial charge in [-0.25, -0.2) is 4.98 Å². The first kappa shape index (κ1) is 13.2. The van der Waals surface area contributed by atoms with Gasteiger partial charge in [0.15, 0.2) is 0 Å². The number of imidazole rings is 1. The Hall–Kier alpha value is -0.830. The van der Waals surface area contributed by atoms with Crippen LogP contribution in [0.3, 0.4) is 0 Å². The minimum Gasteiger partial charge on any atom is -0.333 e. The normalized spacial score (nSPS) is 26.7. The maximum atomic E-state index is 4.43. The van der Waals surface area contributed by atoms with Crippen molar-refractivity contribution < 1.29 is 0 Å². The quantitative estimate of drug-likeness (QED) is 0.896. The fraction of sp³-hybridized carbons (Fsp3) is 0.812. The number of nitrogens with zero attached hydrogens (tertiary/aromatic N) is 2. The molecule has 3 rings (SSSR count). The zero-order valence-corrected chi connectivity index (χ0v) is 12.2. The molecule has 0 bridgehead atoms. The summed E-state index contributed by atoms with van der Waals surface area (Å²) < 4.78 is 2.44. The number of hydrogen-bond donors (Lipinski definition) is 1. The van der Waals surface area contributed by atoms with Gasteiger partial charge < -0.3 is 9.88 Å². The van der Waals surface area contributed by atoms with Crippen LogP contribution in [0.1, 0.15) is 70.0 Å². The second-order valence-corrected chi connectivity index (χ2v) is 6.51. The van der Waals surface area contributed by atoms with Gasteiger partial charge in [0, 0.05) is 18.8 Å². The van der Waals surface area contributed by atoms with Crippen LogP contribution < -0.4 is 5.32 Å². The van der Waals surface area contributed by atoms with E-state index in [0.717, 1.165) is 6.54 Å². The highest BCUT2D eigenvalue weighted by molar-refractivity contribution is 5.07. The molecule has 1 saturated heterocycles. The third kappa shape index (κ3) is 2.71. The Bertz CT molecular complexity index is 398. The summed E-state index contributed by atoms with van der Waals surface area (Å²) in [6.07, 6.45) is 15.0. The molecule has 0 radical (unpaired) electrons. The van der Waals surface area contributed by atoms with E-state index in [0.29, 0.717) is 11.5 Å². The molecule has 0 aromatic carbocycles. The minimum atomic E-state index is 0.534. The Balaban J connectivity index is 1.75. The summed E-state index contributed by atoms with van der Waals surface area (Å²) in [7, 11) is 0. The number of nitrogens with one attached hydrogen (secondary N) is 1. The van der Waals surface area contributed by atoms with Gasteiger partial charge in [-0.3, -0.25) is 0 Å². The maximum absolute atomic E-state index is 4.43. The molecule has 1 aliphatic heterocycles. The van der Waals surface area contributed by atoms with E-state index in [1.165, 1.54) is 63.6 Å². The second-order valence-electron chi connectivity index (χ2n) is 6.51. The predicted octanol–water partition coefficient (Wildman–Crippen LogP) is 3.67. The zero-order valence-electron chi connectivity index (χ0n) is 12.2. The van der Waals surface area contributed by atoms with Crippen molar-refractivity contribution >= 4 is 0 Å². The molecule has 1 saturated carbocycles. The highest BCUT2D eigenvalue weighted by Gasteiger charge is 2.33. The Morgan fingerprint density at radius 3 is 2.84 bits per heavy atom. The van der Waals surface area contributed by atoms with Gasteiger partial charge >= 0.3 is 0 Å². The fourth-order valence-corrected chi connectivity index (χ4v) is 3.97. The summed E-state index contributed by atoms with van der Waals surface area (Å²) in [5.41, 5.74) is 1.96. The molecule has 1 aromatic rings. The van der Waals surface area contributed by atoms with Crippen LogP contribution in [-0.4, -0.2) is 16.1 Å². The van der Waals surface area contributed by atoms with Crippen LogP contribution in [0.15, 0.2) is 12.5 Å². The van der Waals surface area contributed by atoms with Crippen LogP contribution in [0.4, 0.5) is 0 Å². The van der Waals surface area contributed by atoms with Crippen molar-refractivity contribution in [3.8, 4) is 0 Å². The Kier molecular flexibility index (Phi) is 3.92. The van der Waals surface area contributed by atoms with Gasteiger partial charge in [0.05, 0.1) is 12.0 Å². The van der Waals surface area contributed by atoms with Crippen molar-refractivity contribution in [3.05, 3.63) is 18.2 Å². The molecule has 2 aliphatic rings. The van der Waals surface area contributed by atoms with Crippen LogP contribution in [0, 0.1) is 5.41 Å². The number of rotatable bonds is 4. The lowest BCUT2D eigenvalue weighted by molar-refractivity contribution is 0.230. The molecule has 0 amide bonds. The molecule has 19 heavy (non-hydrogen) atoms. The maximum Gasteiger partial charge on any atom is 0.0948 e. The van der Waals surface area contributed by atoms with E-state index >= 15 is 0 Å². The molecule has 2 heterocycles. The Morgan fingerprint density at radius 1 is 1.32 bits per heavy atom. The van der Waals surface area contributed by atoms with E-state index in [1.54, 1.807) is 0 Å². The van der Waals surface area contributed by atoms with Gasteiger partial charge in [0.1, 0.15) is 0 Å². The van der Waals surface area contributed by atoms with Crippen molar-refractivity contribution in [2.45, 2.75) is 70.9 Å². The smallest absolute Gasteiger partial charge is 0.0948 e. The molecular formula is C16H27N3. The van der Waals surface area contributed by atoms with E-state index in [2.05, 4.69) is 34.3 Å².